The molecule has 0 spiro atoms. The highest BCUT2D eigenvalue weighted by molar-refractivity contribution is 6.31. The largest absolute Gasteiger partial charge is 0.397 e. The van der Waals surface area contributed by atoms with Gasteiger partial charge in [-0.2, -0.15) is 0 Å². The molecule has 0 saturated heterocycles. The van der Waals surface area contributed by atoms with E-state index in [-0.39, 0.29) is 5.91 Å². The van der Waals surface area contributed by atoms with Gasteiger partial charge in [-0.3, -0.25) is 14.7 Å². The van der Waals surface area contributed by atoms with Crippen molar-refractivity contribution in [2.45, 2.75) is 19.4 Å². The van der Waals surface area contributed by atoms with E-state index in [4.69, 9.17) is 17.3 Å². The molecule has 5 heteroatoms. The van der Waals surface area contributed by atoms with Crippen LogP contribution in [0.1, 0.15) is 29.8 Å². The fraction of sp³-hybridized carbons (Fsp3) is 0.200. The number of nitrogens with two attached hydrogens (primary N) is 1. The minimum Gasteiger partial charge on any atom is -0.397 e. The predicted molar refractivity (Wildman–Crippen MR) is 79.9 cm³/mol. The first-order valence-corrected chi connectivity index (χ1v) is 6.64. The third-order valence-corrected chi connectivity index (χ3v) is 3.87. The van der Waals surface area contributed by atoms with Crippen molar-refractivity contribution in [1.82, 2.24) is 4.98 Å². The molecule has 0 fully saturated rings. The number of anilines is 2. The van der Waals surface area contributed by atoms with E-state index in [1.165, 1.54) is 0 Å². The van der Waals surface area contributed by atoms with Gasteiger partial charge in [-0.05, 0) is 43.7 Å². The monoisotopic (exact) mass is 287 g/mol. The number of rotatable bonds is 1. The number of hydrogen-bond donors (Lipinski definition) is 1. The van der Waals surface area contributed by atoms with Gasteiger partial charge in [0.05, 0.1) is 23.1 Å². The van der Waals surface area contributed by atoms with E-state index in [0.29, 0.717) is 22.0 Å². The average molecular weight is 288 g/mol. The highest BCUT2D eigenvalue weighted by Gasteiger charge is 2.44. The number of carbonyl (C=O) groups excluding carboxylic acids is 1. The Morgan fingerprint density at radius 1 is 1.25 bits per heavy atom. The minimum absolute atomic E-state index is 0.0610. The summed E-state index contributed by atoms with van der Waals surface area (Å²) in [5.74, 6) is -0.0610. The molecule has 0 unspecified atom stereocenters. The van der Waals surface area contributed by atoms with E-state index in [9.17, 15) is 4.79 Å². The Balaban J connectivity index is 2.18. The van der Waals surface area contributed by atoms with Gasteiger partial charge in [-0.25, -0.2) is 0 Å². The summed E-state index contributed by atoms with van der Waals surface area (Å²) in [5, 5.41) is 0.622. The summed E-state index contributed by atoms with van der Waals surface area (Å²) in [7, 11) is 0. The van der Waals surface area contributed by atoms with Crippen LogP contribution >= 0.6 is 11.6 Å². The highest BCUT2D eigenvalue weighted by Crippen LogP contribution is 2.42. The van der Waals surface area contributed by atoms with Crippen LogP contribution < -0.4 is 10.6 Å². The summed E-state index contributed by atoms with van der Waals surface area (Å²) in [6, 6.07) is 7.09. The summed E-state index contributed by atoms with van der Waals surface area (Å²) >= 11 is 6.06. The number of aromatic nitrogens is 1. The van der Waals surface area contributed by atoms with Crippen LogP contribution in [0, 0.1) is 0 Å². The Hall–Kier alpha value is -2.07. The average Bonchev–Trinajstić information content (AvgIpc) is 2.57. The van der Waals surface area contributed by atoms with Crippen molar-refractivity contribution in [3.8, 4) is 0 Å². The zero-order valence-electron chi connectivity index (χ0n) is 11.2. The second kappa shape index (κ2) is 4.21. The van der Waals surface area contributed by atoms with Gasteiger partial charge in [0.25, 0.3) is 5.91 Å². The number of fused-ring (bicyclic) bond motifs is 1. The number of pyridine rings is 1. The van der Waals surface area contributed by atoms with Gasteiger partial charge in [0.15, 0.2) is 0 Å². The van der Waals surface area contributed by atoms with Gasteiger partial charge in [0.1, 0.15) is 0 Å². The summed E-state index contributed by atoms with van der Waals surface area (Å²) in [4.78, 5) is 18.4. The third-order valence-electron chi connectivity index (χ3n) is 3.64. The van der Waals surface area contributed by atoms with Crippen LogP contribution in [0.15, 0.2) is 36.7 Å². The Morgan fingerprint density at radius 2 is 2.00 bits per heavy atom. The molecule has 1 aliphatic heterocycles. The summed E-state index contributed by atoms with van der Waals surface area (Å²) in [6.07, 6.45) is 3.20. The molecular formula is C15H14ClN3O. The van der Waals surface area contributed by atoms with Gasteiger partial charge in [0.2, 0.25) is 0 Å². The van der Waals surface area contributed by atoms with E-state index in [2.05, 4.69) is 4.98 Å². The summed E-state index contributed by atoms with van der Waals surface area (Å²) < 4.78 is 0. The van der Waals surface area contributed by atoms with Crippen molar-refractivity contribution in [3.05, 3.63) is 52.8 Å². The topological polar surface area (TPSA) is 59.2 Å². The molecular weight excluding hydrogens is 274 g/mol. The normalized spacial score (nSPS) is 16.4. The number of nitrogen functional groups attached to an aromatic ring is 1. The molecule has 1 aromatic heterocycles. The van der Waals surface area contributed by atoms with E-state index in [0.717, 1.165) is 5.56 Å². The molecule has 0 saturated carbocycles. The maximum Gasteiger partial charge on any atom is 0.259 e. The lowest BCUT2D eigenvalue weighted by Gasteiger charge is -2.32. The highest BCUT2D eigenvalue weighted by atomic mass is 35.5. The van der Waals surface area contributed by atoms with E-state index in [1.54, 1.807) is 35.5 Å². The maximum absolute atomic E-state index is 12.6. The van der Waals surface area contributed by atoms with Crippen LogP contribution in [0.25, 0.3) is 0 Å². The van der Waals surface area contributed by atoms with Gasteiger partial charge < -0.3 is 5.73 Å². The Morgan fingerprint density at radius 3 is 2.70 bits per heavy atom. The molecule has 20 heavy (non-hydrogen) atoms. The molecule has 1 aliphatic rings. The molecule has 0 atom stereocenters. The molecule has 102 valence electrons. The first kappa shape index (κ1) is 12.9. The Labute approximate surface area is 122 Å². The molecule has 1 amide bonds. The zero-order chi connectivity index (χ0) is 14.5. The SMILES string of the molecule is CC1(C)c2cc(Cl)ccc2C(=O)N1c1cncc(N)c1. The van der Waals surface area contributed by atoms with Crippen molar-refractivity contribution >= 4 is 28.9 Å². The third kappa shape index (κ3) is 1.76. The van der Waals surface area contributed by atoms with Crippen molar-refractivity contribution in [2.24, 2.45) is 0 Å². The molecule has 0 aliphatic carbocycles. The van der Waals surface area contributed by atoms with Crippen LogP contribution in [0.5, 0.6) is 0 Å². The molecule has 0 bridgehead atoms. The number of nitrogens with zero attached hydrogens (tertiary/aromatic N) is 2. The van der Waals surface area contributed by atoms with Crippen LogP contribution in [0.4, 0.5) is 11.4 Å². The van der Waals surface area contributed by atoms with Crippen molar-refractivity contribution < 1.29 is 4.79 Å². The molecule has 1 aromatic carbocycles. The molecule has 0 radical (unpaired) electrons. The number of halogens is 1. The quantitative estimate of drug-likeness (QED) is 0.876. The van der Waals surface area contributed by atoms with Crippen LogP contribution in [0.2, 0.25) is 5.02 Å². The van der Waals surface area contributed by atoms with Gasteiger partial charge in [-0.1, -0.05) is 11.6 Å². The lowest BCUT2D eigenvalue weighted by molar-refractivity contribution is 0.0982. The van der Waals surface area contributed by atoms with Crippen LogP contribution in [-0.4, -0.2) is 10.9 Å². The second-order valence-corrected chi connectivity index (χ2v) is 5.80. The standard InChI is InChI=1S/C15H14ClN3O/c1-15(2)13-5-9(16)3-4-12(13)14(20)19(15)11-6-10(17)7-18-8-11/h3-8H,17H2,1-2H3. The van der Waals surface area contributed by atoms with Gasteiger partial charge in [0, 0.05) is 16.8 Å². The summed E-state index contributed by atoms with van der Waals surface area (Å²) in [6.45, 7) is 3.96. The van der Waals surface area contributed by atoms with E-state index >= 15 is 0 Å². The summed E-state index contributed by atoms with van der Waals surface area (Å²) in [5.41, 5.74) is 8.07. The second-order valence-electron chi connectivity index (χ2n) is 5.37. The lowest BCUT2D eigenvalue weighted by Crippen LogP contribution is -2.39. The van der Waals surface area contributed by atoms with Crippen LogP contribution in [-0.2, 0) is 5.54 Å². The van der Waals surface area contributed by atoms with Crippen molar-refractivity contribution in [3.63, 3.8) is 0 Å². The molecule has 2 aromatic rings. The lowest BCUT2D eigenvalue weighted by atomic mass is 9.93. The smallest absolute Gasteiger partial charge is 0.259 e. The molecule has 2 heterocycles. The van der Waals surface area contributed by atoms with E-state index in [1.807, 2.05) is 19.9 Å². The van der Waals surface area contributed by atoms with E-state index < -0.39 is 5.54 Å². The van der Waals surface area contributed by atoms with Gasteiger partial charge in [-0.15, -0.1) is 0 Å². The number of hydrogen-bond acceptors (Lipinski definition) is 3. The van der Waals surface area contributed by atoms with Gasteiger partial charge >= 0.3 is 0 Å². The fourth-order valence-electron chi connectivity index (χ4n) is 2.71. The molecule has 3 rings (SSSR count). The number of benzene rings is 1. The molecule has 4 nitrogen and oxygen atoms in total. The number of amides is 1. The maximum atomic E-state index is 12.6. The molecule has 2 N–H and O–H groups in total. The Kier molecular flexibility index (Phi) is 2.73. The first-order chi connectivity index (χ1) is 9.41. The van der Waals surface area contributed by atoms with Crippen molar-refractivity contribution in [1.29, 1.82) is 0 Å². The fourth-order valence-corrected chi connectivity index (χ4v) is 2.88. The zero-order valence-corrected chi connectivity index (χ0v) is 12.0. The predicted octanol–water partition coefficient (Wildman–Crippen LogP) is 3.21. The Bertz CT molecular complexity index is 712. The number of carbonyl (C=O) groups is 1. The minimum atomic E-state index is -0.493. The van der Waals surface area contributed by atoms with Crippen LogP contribution in [0.3, 0.4) is 0 Å². The van der Waals surface area contributed by atoms with Crippen molar-refractivity contribution in [2.75, 3.05) is 10.6 Å². The first-order valence-electron chi connectivity index (χ1n) is 6.26.